The number of aryl methyl sites for hydroxylation is 1. The first-order valence-electron chi connectivity index (χ1n) is 7.29. The Hall–Kier alpha value is -1.26. The van der Waals surface area contributed by atoms with Crippen LogP contribution in [0.3, 0.4) is 0 Å². The number of halogens is 1. The van der Waals surface area contributed by atoms with Gasteiger partial charge in [-0.3, -0.25) is 4.79 Å². The molecule has 2 atom stereocenters. The molecule has 1 aliphatic carbocycles. The van der Waals surface area contributed by atoms with Crippen LogP contribution in [0.15, 0.2) is 18.2 Å². The Balaban J connectivity index is 0.00000220. The first kappa shape index (κ1) is 17.8. The van der Waals surface area contributed by atoms with E-state index in [0.717, 1.165) is 36.3 Å². The SMILES string of the molecule is Cc1cc(NC(=O)C2CCC(N)C2)ccc1OC(C)C.Cl. The summed E-state index contributed by atoms with van der Waals surface area (Å²) in [4.78, 5) is 12.1. The van der Waals surface area contributed by atoms with Crippen LogP contribution in [0, 0.1) is 12.8 Å². The van der Waals surface area contributed by atoms with E-state index in [9.17, 15) is 4.79 Å². The molecular formula is C16H25ClN2O2. The fourth-order valence-electron chi connectivity index (χ4n) is 2.61. The van der Waals surface area contributed by atoms with Crippen molar-refractivity contribution in [2.45, 2.75) is 52.2 Å². The zero-order valence-corrected chi connectivity index (χ0v) is 13.7. The van der Waals surface area contributed by atoms with Crippen LogP contribution in [0.25, 0.3) is 0 Å². The van der Waals surface area contributed by atoms with Crippen molar-refractivity contribution in [1.29, 1.82) is 0 Å². The number of ether oxygens (including phenoxy) is 1. The van der Waals surface area contributed by atoms with E-state index in [0.29, 0.717) is 0 Å². The minimum absolute atomic E-state index is 0. The Labute approximate surface area is 132 Å². The van der Waals surface area contributed by atoms with Crippen LogP contribution in [0.2, 0.25) is 0 Å². The smallest absolute Gasteiger partial charge is 0.227 e. The summed E-state index contributed by atoms with van der Waals surface area (Å²) in [7, 11) is 0. The van der Waals surface area contributed by atoms with Gasteiger partial charge in [0.1, 0.15) is 5.75 Å². The quantitative estimate of drug-likeness (QED) is 0.897. The lowest BCUT2D eigenvalue weighted by Gasteiger charge is -2.15. The van der Waals surface area contributed by atoms with Crippen molar-refractivity contribution < 1.29 is 9.53 Å². The number of anilines is 1. The van der Waals surface area contributed by atoms with Gasteiger partial charge < -0.3 is 15.8 Å². The molecule has 3 N–H and O–H groups in total. The maximum Gasteiger partial charge on any atom is 0.227 e. The van der Waals surface area contributed by atoms with Gasteiger partial charge in [-0.15, -0.1) is 12.4 Å². The van der Waals surface area contributed by atoms with E-state index in [4.69, 9.17) is 10.5 Å². The van der Waals surface area contributed by atoms with Gasteiger partial charge in [0.05, 0.1) is 6.10 Å². The number of carbonyl (C=O) groups excluding carboxylic acids is 1. The van der Waals surface area contributed by atoms with Crippen molar-refractivity contribution in [2.75, 3.05) is 5.32 Å². The predicted molar refractivity (Wildman–Crippen MR) is 88.1 cm³/mol. The number of benzene rings is 1. The van der Waals surface area contributed by atoms with E-state index in [1.807, 2.05) is 39.0 Å². The zero-order valence-electron chi connectivity index (χ0n) is 12.9. The standard InChI is InChI=1S/C16H24N2O2.ClH/c1-10(2)20-15-7-6-14(8-11(15)3)18-16(19)12-4-5-13(17)9-12;/h6-8,10,12-13H,4-5,9,17H2,1-3H3,(H,18,19);1H. The number of rotatable bonds is 4. The lowest BCUT2D eigenvalue weighted by molar-refractivity contribution is -0.119. The van der Waals surface area contributed by atoms with Gasteiger partial charge in [-0.2, -0.15) is 0 Å². The number of amides is 1. The molecule has 118 valence electrons. The maximum absolute atomic E-state index is 12.1. The second-order valence-corrected chi connectivity index (χ2v) is 5.91. The van der Waals surface area contributed by atoms with Crippen molar-refractivity contribution >= 4 is 24.0 Å². The van der Waals surface area contributed by atoms with Gasteiger partial charge in [0.2, 0.25) is 5.91 Å². The van der Waals surface area contributed by atoms with Crippen molar-refractivity contribution in [2.24, 2.45) is 11.7 Å². The fraction of sp³-hybridized carbons (Fsp3) is 0.562. The highest BCUT2D eigenvalue weighted by Gasteiger charge is 2.27. The molecule has 0 spiro atoms. The molecule has 1 aromatic carbocycles. The molecular weight excluding hydrogens is 288 g/mol. The highest BCUT2D eigenvalue weighted by atomic mass is 35.5. The molecule has 21 heavy (non-hydrogen) atoms. The van der Waals surface area contributed by atoms with Crippen LogP contribution < -0.4 is 15.8 Å². The summed E-state index contributed by atoms with van der Waals surface area (Å²) in [5.41, 5.74) is 7.70. The molecule has 0 radical (unpaired) electrons. The van der Waals surface area contributed by atoms with Crippen LogP contribution in [-0.2, 0) is 4.79 Å². The Kier molecular flexibility index (Phi) is 6.49. The first-order chi connectivity index (χ1) is 9.45. The molecule has 2 unspecified atom stereocenters. The van der Waals surface area contributed by atoms with Crippen LogP contribution in [0.4, 0.5) is 5.69 Å². The molecule has 0 saturated heterocycles. The van der Waals surface area contributed by atoms with Crippen LogP contribution >= 0.6 is 12.4 Å². The maximum atomic E-state index is 12.1. The average Bonchev–Trinajstić information content (AvgIpc) is 2.79. The molecule has 1 aromatic rings. The predicted octanol–water partition coefficient (Wildman–Crippen LogP) is 3.27. The lowest BCUT2D eigenvalue weighted by atomic mass is 10.1. The second kappa shape index (κ2) is 7.66. The molecule has 0 aromatic heterocycles. The normalized spacial score (nSPS) is 21.0. The molecule has 5 heteroatoms. The average molecular weight is 313 g/mol. The van der Waals surface area contributed by atoms with Gasteiger partial charge in [0, 0.05) is 17.6 Å². The van der Waals surface area contributed by atoms with Crippen molar-refractivity contribution in [3.63, 3.8) is 0 Å². The monoisotopic (exact) mass is 312 g/mol. The van der Waals surface area contributed by atoms with Gasteiger partial charge in [-0.25, -0.2) is 0 Å². The third kappa shape index (κ3) is 4.90. The van der Waals surface area contributed by atoms with Gasteiger partial charge >= 0.3 is 0 Å². The van der Waals surface area contributed by atoms with Crippen LogP contribution in [-0.4, -0.2) is 18.1 Å². The summed E-state index contributed by atoms with van der Waals surface area (Å²) in [5.74, 6) is 0.993. The van der Waals surface area contributed by atoms with Gasteiger partial charge in [-0.05, 0) is 63.8 Å². The fourth-order valence-corrected chi connectivity index (χ4v) is 2.61. The van der Waals surface area contributed by atoms with Crippen molar-refractivity contribution in [3.05, 3.63) is 23.8 Å². The first-order valence-corrected chi connectivity index (χ1v) is 7.29. The number of hydrogen-bond acceptors (Lipinski definition) is 3. The van der Waals surface area contributed by atoms with E-state index in [1.165, 1.54) is 0 Å². The zero-order chi connectivity index (χ0) is 14.7. The van der Waals surface area contributed by atoms with E-state index < -0.39 is 0 Å². The Morgan fingerprint density at radius 2 is 2.10 bits per heavy atom. The molecule has 1 aliphatic rings. The number of hydrogen-bond donors (Lipinski definition) is 2. The summed E-state index contributed by atoms with van der Waals surface area (Å²) in [5, 5.41) is 2.98. The van der Waals surface area contributed by atoms with Crippen molar-refractivity contribution in [1.82, 2.24) is 0 Å². The van der Waals surface area contributed by atoms with Gasteiger partial charge in [0.25, 0.3) is 0 Å². The molecule has 1 saturated carbocycles. The highest BCUT2D eigenvalue weighted by molar-refractivity contribution is 5.92. The Morgan fingerprint density at radius 3 is 2.62 bits per heavy atom. The van der Waals surface area contributed by atoms with E-state index in [2.05, 4.69) is 5.32 Å². The van der Waals surface area contributed by atoms with Gasteiger partial charge in [-0.1, -0.05) is 0 Å². The van der Waals surface area contributed by atoms with Crippen LogP contribution in [0.5, 0.6) is 5.75 Å². The molecule has 0 bridgehead atoms. The van der Waals surface area contributed by atoms with E-state index in [-0.39, 0.29) is 36.4 Å². The Morgan fingerprint density at radius 1 is 1.38 bits per heavy atom. The number of nitrogens with two attached hydrogens (primary N) is 1. The molecule has 2 rings (SSSR count). The summed E-state index contributed by atoms with van der Waals surface area (Å²) in [6.07, 6.45) is 2.77. The summed E-state index contributed by atoms with van der Waals surface area (Å²) in [6.45, 7) is 5.98. The minimum Gasteiger partial charge on any atom is -0.491 e. The summed E-state index contributed by atoms with van der Waals surface area (Å²) in [6, 6.07) is 5.92. The topological polar surface area (TPSA) is 64.4 Å². The van der Waals surface area contributed by atoms with E-state index in [1.54, 1.807) is 0 Å². The third-order valence-corrected chi connectivity index (χ3v) is 3.65. The molecule has 4 nitrogen and oxygen atoms in total. The number of carbonyl (C=O) groups is 1. The van der Waals surface area contributed by atoms with E-state index >= 15 is 0 Å². The second-order valence-electron chi connectivity index (χ2n) is 5.91. The van der Waals surface area contributed by atoms with Crippen molar-refractivity contribution in [3.8, 4) is 5.75 Å². The molecule has 1 fully saturated rings. The lowest BCUT2D eigenvalue weighted by Crippen LogP contribution is -2.23. The highest BCUT2D eigenvalue weighted by Crippen LogP contribution is 2.27. The van der Waals surface area contributed by atoms with Crippen LogP contribution in [0.1, 0.15) is 38.7 Å². The summed E-state index contributed by atoms with van der Waals surface area (Å²) < 4.78 is 5.69. The Bertz CT molecular complexity index is 491. The third-order valence-electron chi connectivity index (χ3n) is 3.65. The molecule has 0 aliphatic heterocycles. The molecule has 0 heterocycles. The van der Waals surface area contributed by atoms with Gasteiger partial charge in [0.15, 0.2) is 0 Å². The minimum atomic E-state index is 0. The largest absolute Gasteiger partial charge is 0.491 e. The number of nitrogens with one attached hydrogen (secondary N) is 1. The molecule has 1 amide bonds. The summed E-state index contributed by atoms with van der Waals surface area (Å²) >= 11 is 0.